The first kappa shape index (κ1) is 20.4. The third-order valence-corrected chi connectivity index (χ3v) is 5.20. The van der Waals surface area contributed by atoms with Crippen LogP contribution in [0.25, 0.3) is 16.4 Å². The number of hydrogen-bond acceptors (Lipinski definition) is 5. The van der Waals surface area contributed by atoms with Crippen molar-refractivity contribution in [2.45, 2.75) is 13.5 Å². The molecule has 4 aromatic rings. The minimum Gasteiger partial charge on any atom is -0.345 e. The van der Waals surface area contributed by atoms with Gasteiger partial charge < -0.3 is 10.6 Å². The largest absolute Gasteiger partial charge is 0.345 e. The molecule has 0 saturated heterocycles. The molecular weight excluding hydrogens is 417 g/mol. The van der Waals surface area contributed by atoms with Crippen molar-refractivity contribution in [2.75, 3.05) is 5.32 Å². The first-order valence-corrected chi connectivity index (χ1v) is 10.3. The van der Waals surface area contributed by atoms with E-state index in [9.17, 15) is 14.0 Å². The van der Waals surface area contributed by atoms with Crippen molar-refractivity contribution in [1.29, 1.82) is 0 Å². The molecule has 0 bridgehead atoms. The van der Waals surface area contributed by atoms with Crippen LogP contribution in [0.3, 0.4) is 0 Å². The fourth-order valence-corrected chi connectivity index (χ4v) is 3.63. The predicted octanol–water partition coefficient (Wildman–Crippen LogP) is 4.02. The number of nitrogens with zero attached hydrogens (tertiary/aromatic N) is 3. The van der Waals surface area contributed by atoms with Gasteiger partial charge >= 0.3 is 0 Å². The number of nitrogens with one attached hydrogen (secondary N) is 2. The lowest BCUT2D eigenvalue weighted by atomic mass is 10.2. The van der Waals surface area contributed by atoms with Crippen LogP contribution in [-0.4, -0.2) is 26.6 Å². The van der Waals surface area contributed by atoms with Gasteiger partial charge in [0.15, 0.2) is 5.82 Å². The number of halogens is 1. The van der Waals surface area contributed by atoms with Crippen LogP contribution in [0.4, 0.5) is 10.1 Å². The third kappa shape index (κ3) is 4.84. The Morgan fingerprint density at radius 1 is 1.10 bits per heavy atom. The minimum atomic E-state index is -0.445. The molecule has 0 aliphatic heterocycles. The molecule has 7 nitrogen and oxygen atoms in total. The van der Waals surface area contributed by atoms with Crippen LogP contribution in [0.15, 0.2) is 66.0 Å². The Morgan fingerprint density at radius 2 is 1.90 bits per heavy atom. The summed E-state index contributed by atoms with van der Waals surface area (Å²) in [5.74, 6) is -0.548. The lowest BCUT2D eigenvalue weighted by molar-refractivity contribution is -0.114. The van der Waals surface area contributed by atoms with Crippen LogP contribution < -0.4 is 10.6 Å². The number of amides is 2. The standard InChI is InChI=1S/C22H18FN5O2S/c1-14(29)25-17-9-7-15(8-10-17)13-24-22(30)20-26-21(19-6-3-11-31-19)28(27-20)18-5-2-4-16(23)12-18/h2-12H,13H2,1H3,(H,24,30)(H,25,29). The van der Waals surface area contributed by atoms with Gasteiger partial charge in [-0.3, -0.25) is 9.59 Å². The van der Waals surface area contributed by atoms with E-state index < -0.39 is 11.7 Å². The van der Waals surface area contributed by atoms with Crippen LogP contribution in [0, 0.1) is 5.82 Å². The number of aromatic nitrogens is 3. The zero-order chi connectivity index (χ0) is 21.8. The monoisotopic (exact) mass is 435 g/mol. The Hall–Kier alpha value is -3.85. The van der Waals surface area contributed by atoms with E-state index in [0.29, 0.717) is 17.2 Å². The van der Waals surface area contributed by atoms with Crippen LogP contribution in [-0.2, 0) is 11.3 Å². The normalized spacial score (nSPS) is 10.6. The van der Waals surface area contributed by atoms with Crippen LogP contribution in [0.2, 0.25) is 0 Å². The molecule has 0 radical (unpaired) electrons. The summed E-state index contributed by atoms with van der Waals surface area (Å²) in [6.45, 7) is 1.70. The van der Waals surface area contributed by atoms with Crippen molar-refractivity contribution in [3.8, 4) is 16.4 Å². The Labute approximate surface area is 181 Å². The molecule has 0 aliphatic rings. The molecule has 0 atom stereocenters. The van der Waals surface area contributed by atoms with Gasteiger partial charge in [-0.05, 0) is 47.3 Å². The van der Waals surface area contributed by atoms with Gasteiger partial charge in [0.1, 0.15) is 5.82 Å². The molecule has 4 rings (SSSR count). The summed E-state index contributed by atoms with van der Waals surface area (Å²) in [6.07, 6.45) is 0. The van der Waals surface area contributed by atoms with Gasteiger partial charge in [-0.15, -0.1) is 16.4 Å². The molecule has 156 valence electrons. The number of thiophene rings is 1. The molecular formula is C22H18FN5O2S. The van der Waals surface area contributed by atoms with E-state index >= 15 is 0 Å². The minimum absolute atomic E-state index is 0.0115. The van der Waals surface area contributed by atoms with Crippen LogP contribution >= 0.6 is 11.3 Å². The summed E-state index contributed by atoms with van der Waals surface area (Å²) in [7, 11) is 0. The molecule has 2 heterocycles. The molecule has 2 aromatic carbocycles. The van der Waals surface area contributed by atoms with Gasteiger partial charge in [0.2, 0.25) is 11.7 Å². The van der Waals surface area contributed by atoms with Crippen LogP contribution in [0.5, 0.6) is 0 Å². The maximum absolute atomic E-state index is 13.7. The van der Waals surface area contributed by atoms with E-state index in [4.69, 9.17) is 0 Å². The molecule has 0 spiro atoms. The fourth-order valence-electron chi connectivity index (χ4n) is 2.93. The van der Waals surface area contributed by atoms with Gasteiger partial charge in [-0.2, -0.15) is 0 Å². The van der Waals surface area contributed by atoms with E-state index in [1.54, 1.807) is 36.4 Å². The number of anilines is 1. The number of benzene rings is 2. The van der Waals surface area contributed by atoms with Gasteiger partial charge in [0.05, 0.1) is 10.6 Å². The van der Waals surface area contributed by atoms with Gasteiger partial charge in [-0.25, -0.2) is 14.1 Å². The summed E-state index contributed by atoms with van der Waals surface area (Å²) in [4.78, 5) is 29.0. The predicted molar refractivity (Wildman–Crippen MR) is 117 cm³/mol. The SMILES string of the molecule is CC(=O)Nc1ccc(CNC(=O)c2nc(-c3cccs3)n(-c3cccc(F)c3)n2)cc1. The number of carbonyl (C=O) groups is 2. The molecule has 2 amide bonds. The van der Waals surface area contributed by atoms with E-state index in [2.05, 4.69) is 20.7 Å². The van der Waals surface area contributed by atoms with E-state index in [1.807, 2.05) is 17.5 Å². The highest BCUT2D eigenvalue weighted by atomic mass is 32.1. The maximum Gasteiger partial charge on any atom is 0.291 e. The second-order valence-electron chi connectivity index (χ2n) is 6.69. The number of carbonyl (C=O) groups excluding carboxylic acids is 2. The van der Waals surface area contributed by atoms with Gasteiger partial charge in [0.25, 0.3) is 5.91 Å². The second-order valence-corrected chi connectivity index (χ2v) is 7.64. The first-order valence-electron chi connectivity index (χ1n) is 9.41. The lowest BCUT2D eigenvalue weighted by Gasteiger charge is -2.05. The summed E-state index contributed by atoms with van der Waals surface area (Å²) < 4.78 is 15.2. The van der Waals surface area contributed by atoms with E-state index in [0.717, 1.165) is 10.4 Å². The Balaban J connectivity index is 1.54. The molecule has 0 fully saturated rings. The molecule has 0 unspecified atom stereocenters. The quantitative estimate of drug-likeness (QED) is 0.479. The van der Waals surface area contributed by atoms with Gasteiger partial charge in [-0.1, -0.05) is 24.3 Å². The van der Waals surface area contributed by atoms with Gasteiger partial charge in [0, 0.05) is 19.2 Å². The van der Waals surface area contributed by atoms with Crippen molar-refractivity contribution < 1.29 is 14.0 Å². The lowest BCUT2D eigenvalue weighted by Crippen LogP contribution is -2.24. The molecule has 0 aliphatic carbocycles. The summed E-state index contributed by atoms with van der Waals surface area (Å²) in [5.41, 5.74) is 2.01. The number of hydrogen-bond donors (Lipinski definition) is 2. The zero-order valence-electron chi connectivity index (χ0n) is 16.5. The second kappa shape index (κ2) is 8.88. The summed E-state index contributed by atoms with van der Waals surface area (Å²) in [6, 6.07) is 16.8. The Bertz CT molecular complexity index is 1220. The average Bonchev–Trinajstić information content (AvgIpc) is 3.42. The molecule has 2 aromatic heterocycles. The van der Waals surface area contributed by atoms with Crippen molar-refractivity contribution in [1.82, 2.24) is 20.1 Å². The topological polar surface area (TPSA) is 88.9 Å². The highest BCUT2D eigenvalue weighted by Crippen LogP contribution is 2.25. The molecule has 31 heavy (non-hydrogen) atoms. The van der Waals surface area contributed by atoms with E-state index in [1.165, 1.54) is 35.1 Å². The highest BCUT2D eigenvalue weighted by molar-refractivity contribution is 7.13. The molecule has 9 heteroatoms. The molecule has 2 N–H and O–H groups in total. The molecule has 0 saturated carbocycles. The summed E-state index contributed by atoms with van der Waals surface area (Å²) in [5, 5.41) is 11.7. The number of rotatable bonds is 6. The fraction of sp³-hybridized carbons (Fsp3) is 0.0909. The summed E-state index contributed by atoms with van der Waals surface area (Å²) >= 11 is 1.45. The van der Waals surface area contributed by atoms with Crippen LogP contribution in [0.1, 0.15) is 23.1 Å². The average molecular weight is 435 g/mol. The van der Waals surface area contributed by atoms with Crippen molar-refractivity contribution >= 4 is 28.8 Å². The third-order valence-electron chi connectivity index (χ3n) is 4.33. The first-order chi connectivity index (χ1) is 15.0. The Morgan fingerprint density at radius 3 is 2.58 bits per heavy atom. The Kier molecular flexibility index (Phi) is 5.85. The highest BCUT2D eigenvalue weighted by Gasteiger charge is 2.19. The van der Waals surface area contributed by atoms with Crippen molar-refractivity contribution in [3.05, 3.63) is 83.2 Å². The van der Waals surface area contributed by atoms with Crippen molar-refractivity contribution in [3.63, 3.8) is 0 Å². The van der Waals surface area contributed by atoms with E-state index in [-0.39, 0.29) is 18.3 Å². The van der Waals surface area contributed by atoms with Crippen molar-refractivity contribution in [2.24, 2.45) is 0 Å². The smallest absolute Gasteiger partial charge is 0.291 e. The maximum atomic E-state index is 13.7. The zero-order valence-corrected chi connectivity index (χ0v) is 17.3.